The Morgan fingerprint density at radius 1 is 0.310 bits per heavy atom. The molecule has 0 heterocycles. The van der Waals surface area contributed by atoms with Crippen LogP contribution in [-0.2, 0) is 28.6 Å². The Kier molecular flexibility index (Phi) is 53.6. The molecule has 0 aliphatic carbocycles. The molecule has 0 saturated heterocycles. The fourth-order valence-corrected chi connectivity index (χ4v) is 6.99. The van der Waals surface area contributed by atoms with Crippen molar-refractivity contribution >= 4 is 17.9 Å². The van der Waals surface area contributed by atoms with E-state index in [1.807, 2.05) is 72.9 Å². The van der Waals surface area contributed by atoms with E-state index in [0.717, 1.165) is 64.2 Å². The lowest BCUT2D eigenvalue weighted by molar-refractivity contribution is -0.167. The molecule has 0 aromatic heterocycles. The Labute approximate surface area is 435 Å². The van der Waals surface area contributed by atoms with E-state index in [0.29, 0.717) is 19.3 Å². The second-order valence-electron chi connectivity index (χ2n) is 17.9. The number of esters is 3. The summed E-state index contributed by atoms with van der Waals surface area (Å²) in [6, 6.07) is 0. The molecule has 0 aromatic rings. The van der Waals surface area contributed by atoms with E-state index in [2.05, 4.69) is 106 Å². The summed E-state index contributed by atoms with van der Waals surface area (Å²) in [4.78, 5) is 38.1. The van der Waals surface area contributed by atoms with E-state index in [4.69, 9.17) is 14.2 Å². The molecular formula is C65H100O6. The summed E-state index contributed by atoms with van der Waals surface area (Å²) in [5.41, 5.74) is 0. The molecule has 1 unspecified atom stereocenters. The number of rotatable bonds is 48. The maximum Gasteiger partial charge on any atom is 0.306 e. The summed E-state index contributed by atoms with van der Waals surface area (Å²) >= 11 is 0. The number of carbonyl (C=O) groups is 3. The quantitative estimate of drug-likeness (QED) is 0.0199. The predicted octanol–water partition coefficient (Wildman–Crippen LogP) is 19.0. The van der Waals surface area contributed by atoms with Crippen LogP contribution in [0, 0.1) is 0 Å². The molecule has 396 valence electrons. The number of hydrogen-bond donors (Lipinski definition) is 0. The van der Waals surface area contributed by atoms with E-state index < -0.39 is 12.1 Å². The van der Waals surface area contributed by atoms with E-state index in [9.17, 15) is 14.4 Å². The van der Waals surface area contributed by atoms with Crippen LogP contribution in [0.5, 0.6) is 0 Å². The summed E-state index contributed by atoms with van der Waals surface area (Å²) in [6.07, 6.45) is 83.8. The van der Waals surface area contributed by atoms with Gasteiger partial charge in [0.15, 0.2) is 6.10 Å². The maximum absolute atomic E-state index is 12.8. The minimum Gasteiger partial charge on any atom is -0.462 e. The summed E-state index contributed by atoms with van der Waals surface area (Å²) in [5.74, 6) is -1.10. The zero-order valence-corrected chi connectivity index (χ0v) is 45.2. The van der Waals surface area contributed by atoms with Crippen LogP contribution in [0.1, 0.15) is 213 Å². The highest BCUT2D eigenvalue weighted by Gasteiger charge is 2.19. The third-order valence-corrected chi connectivity index (χ3v) is 11.2. The van der Waals surface area contributed by atoms with Crippen LogP contribution < -0.4 is 0 Å². The lowest BCUT2D eigenvalue weighted by atomic mass is 10.1. The molecule has 0 aromatic carbocycles. The molecule has 6 heteroatoms. The van der Waals surface area contributed by atoms with Gasteiger partial charge < -0.3 is 14.2 Å². The third kappa shape index (κ3) is 55.8. The Bertz CT molecular complexity index is 1640. The van der Waals surface area contributed by atoms with Gasteiger partial charge in [0.05, 0.1) is 0 Å². The third-order valence-electron chi connectivity index (χ3n) is 11.2. The van der Waals surface area contributed by atoms with Crippen molar-refractivity contribution in [3.63, 3.8) is 0 Å². The number of unbranched alkanes of at least 4 members (excludes halogenated alkanes) is 17. The van der Waals surface area contributed by atoms with Crippen LogP contribution in [0.15, 0.2) is 158 Å². The van der Waals surface area contributed by atoms with Gasteiger partial charge in [-0.05, 0) is 103 Å². The van der Waals surface area contributed by atoms with Gasteiger partial charge in [-0.2, -0.15) is 0 Å². The van der Waals surface area contributed by atoms with Crippen LogP contribution in [0.2, 0.25) is 0 Å². The van der Waals surface area contributed by atoms with Crippen molar-refractivity contribution in [1.82, 2.24) is 0 Å². The molecule has 1 atom stereocenters. The summed E-state index contributed by atoms with van der Waals surface area (Å²) in [6.45, 7) is 6.33. The first kappa shape index (κ1) is 66.0. The molecule has 0 N–H and O–H groups in total. The van der Waals surface area contributed by atoms with E-state index >= 15 is 0 Å². The summed E-state index contributed by atoms with van der Waals surface area (Å²) in [5, 5.41) is 0. The Morgan fingerprint density at radius 3 is 1.04 bits per heavy atom. The highest BCUT2D eigenvalue weighted by molar-refractivity contribution is 5.71. The average molecular weight is 978 g/mol. The molecule has 0 spiro atoms. The molecule has 6 nitrogen and oxygen atoms in total. The monoisotopic (exact) mass is 977 g/mol. The SMILES string of the molecule is CC\C=C/C=C\C=C/C=C\C=C\C=C/C=C\CCCCCC(=O)OCC(COC(=O)CCC/C=C\C/C=C\C/C=C\CCCCCCCC)OC(=O)CCC/C=C\C/C=C\C/C=C\CCCCCCCC. The van der Waals surface area contributed by atoms with Gasteiger partial charge in [-0.3, -0.25) is 14.4 Å². The van der Waals surface area contributed by atoms with Crippen LogP contribution in [0.25, 0.3) is 0 Å². The minimum atomic E-state index is -0.853. The first-order valence-corrected chi connectivity index (χ1v) is 28.1. The minimum absolute atomic E-state index is 0.145. The first-order chi connectivity index (χ1) is 35.0. The standard InChI is InChI=1S/C65H100O6/c1-4-7-10-13-16-19-22-25-28-31-32-35-37-40-43-46-49-52-55-58-64(67)70-61-62(71-65(68)59-56-53-50-47-44-41-38-34-30-27-24-21-18-15-12-9-6-3)60-69-63(66)57-54-51-48-45-42-39-36-33-29-26-23-20-17-14-11-8-5-2/h7,10,13,16,19,22,25-32,35-41,43,45,47-48,50,62H,4-6,8-9,11-12,14-15,17-18,20-21,23-24,33-34,42,44,46,49,51-61H2,1-3H3/b10-7-,16-13-,22-19-,28-25-,29-26-,30-27-,32-31+,37-35-,39-36-,41-38-,43-40-,48-45-,50-47-. The lowest BCUT2D eigenvalue weighted by Gasteiger charge is -2.18. The van der Waals surface area contributed by atoms with E-state index in [-0.39, 0.29) is 44.4 Å². The van der Waals surface area contributed by atoms with Crippen molar-refractivity contribution in [3.05, 3.63) is 158 Å². The molecule has 0 rings (SSSR count). The molecule has 0 aliphatic heterocycles. The fraction of sp³-hybridized carbons (Fsp3) is 0.554. The Hall–Kier alpha value is -4.97. The zero-order valence-electron chi connectivity index (χ0n) is 45.2. The van der Waals surface area contributed by atoms with Crippen molar-refractivity contribution in [2.24, 2.45) is 0 Å². The average Bonchev–Trinajstić information content (AvgIpc) is 3.37. The molecule has 0 aliphatic rings. The normalized spacial score (nSPS) is 13.3. The van der Waals surface area contributed by atoms with Gasteiger partial charge in [-0.15, -0.1) is 0 Å². The molecule has 0 amide bonds. The van der Waals surface area contributed by atoms with Crippen LogP contribution in [0.4, 0.5) is 0 Å². The highest BCUT2D eigenvalue weighted by Crippen LogP contribution is 2.11. The highest BCUT2D eigenvalue weighted by atomic mass is 16.6. The van der Waals surface area contributed by atoms with E-state index in [1.54, 1.807) is 0 Å². The second kappa shape index (κ2) is 57.6. The first-order valence-electron chi connectivity index (χ1n) is 28.1. The van der Waals surface area contributed by atoms with E-state index in [1.165, 1.54) is 89.9 Å². The van der Waals surface area contributed by atoms with Gasteiger partial charge >= 0.3 is 17.9 Å². The molecule has 0 fully saturated rings. The predicted molar refractivity (Wildman–Crippen MR) is 306 cm³/mol. The lowest BCUT2D eigenvalue weighted by Crippen LogP contribution is -2.30. The Morgan fingerprint density at radius 2 is 0.620 bits per heavy atom. The maximum atomic E-state index is 12.8. The number of carbonyl (C=O) groups excluding carboxylic acids is 3. The van der Waals surface area contributed by atoms with Gasteiger partial charge in [0, 0.05) is 19.3 Å². The van der Waals surface area contributed by atoms with Crippen molar-refractivity contribution in [2.45, 2.75) is 219 Å². The van der Waals surface area contributed by atoms with Gasteiger partial charge in [0.1, 0.15) is 13.2 Å². The number of ether oxygens (including phenoxy) is 3. The number of hydrogen-bond acceptors (Lipinski definition) is 6. The smallest absolute Gasteiger partial charge is 0.306 e. The fourth-order valence-electron chi connectivity index (χ4n) is 6.99. The topological polar surface area (TPSA) is 78.9 Å². The Balaban J connectivity index is 4.68. The van der Waals surface area contributed by atoms with Crippen molar-refractivity contribution in [3.8, 4) is 0 Å². The molecule has 0 saturated carbocycles. The van der Waals surface area contributed by atoms with Gasteiger partial charge in [0.2, 0.25) is 0 Å². The van der Waals surface area contributed by atoms with Crippen molar-refractivity contribution < 1.29 is 28.6 Å². The summed E-state index contributed by atoms with van der Waals surface area (Å²) in [7, 11) is 0. The van der Waals surface area contributed by atoms with Crippen molar-refractivity contribution in [1.29, 1.82) is 0 Å². The molecule has 0 radical (unpaired) electrons. The summed E-state index contributed by atoms with van der Waals surface area (Å²) < 4.78 is 16.7. The van der Waals surface area contributed by atoms with Crippen molar-refractivity contribution in [2.75, 3.05) is 13.2 Å². The van der Waals surface area contributed by atoms with Gasteiger partial charge in [0.25, 0.3) is 0 Å². The van der Waals surface area contributed by atoms with Gasteiger partial charge in [-0.25, -0.2) is 0 Å². The molecule has 71 heavy (non-hydrogen) atoms. The molecular weight excluding hydrogens is 877 g/mol. The zero-order chi connectivity index (χ0) is 51.4. The largest absolute Gasteiger partial charge is 0.462 e. The molecule has 0 bridgehead atoms. The van der Waals surface area contributed by atoms with Crippen LogP contribution in [-0.4, -0.2) is 37.2 Å². The number of allylic oxidation sites excluding steroid dienone is 26. The van der Waals surface area contributed by atoms with Crippen LogP contribution in [0.3, 0.4) is 0 Å². The van der Waals surface area contributed by atoms with Crippen LogP contribution >= 0.6 is 0 Å². The second-order valence-corrected chi connectivity index (χ2v) is 17.9. The van der Waals surface area contributed by atoms with Gasteiger partial charge in [-0.1, -0.05) is 249 Å².